The Bertz CT molecular complexity index is 303. The van der Waals surface area contributed by atoms with Crippen LogP contribution in [0.5, 0.6) is 0 Å². The standard InChI is InChI=1S/C13H17Cl2N/c14-9-12-7-4-8-13(10-15)16(12)11-5-2-1-3-6-11/h1-3,5-6,12-13H,4,7-10H2. The van der Waals surface area contributed by atoms with E-state index in [-0.39, 0.29) is 0 Å². The maximum atomic E-state index is 6.06. The Balaban J connectivity index is 2.24. The molecule has 1 heterocycles. The average Bonchev–Trinajstić information content (AvgIpc) is 2.38. The molecule has 1 fully saturated rings. The highest BCUT2D eigenvalue weighted by Crippen LogP contribution is 2.30. The third kappa shape index (κ3) is 2.46. The average molecular weight is 258 g/mol. The molecular formula is C13H17Cl2N. The molecule has 1 nitrogen and oxygen atoms in total. The molecule has 1 aromatic rings. The number of halogens is 2. The van der Waals surface area contributed by atoms with Gasteiger partial charge in [0.05, 0.1) is 0 Å². The van der Waals surface area contributed by atoms with E-state index in [1.807, 2.05) is 6.07 Å². The molecule has 1 aromatic carbocycles. The van der Waals surface area contributed by atoms with E-state index in [1.54, 1.807) is 0 Å². The molecule has 88 valence electrons. The van der Waals surface area contributed by atoms with Gasteiger partial charge in [0.15, 0.2) is 0 Å². The van der Waals surface area contributed by atoms with Gasteiger partial charge in [-0.15, -0.1) is 23.2 Å². The predicted octanol–water partition coefficient (Wildman–Crippen LogP) is 3.89. The van der Waals surface area contributed by atoms with Crippen LogP contribution in [0.25, 0.3) is 0 Å². The Morgan fingerprint density at radius 3 is 2.06 bits per heavy atom. The monoisotopic (exact) mass is 257 g/mol. The smallest absolute Gasteiger partial charge is 0.0429 e. The molecule has 1 saturated heterocycles. The Morgan fingerprint density at radius 1 is 1.00 bits per heavy atom. The van der Waals surface area contributed by atoms with E-state index < -0.39 is 0 Å². The highest BCUT2D eigenvalue weighted by Gasteiger charge is 2.29. The lowest BCUT2D eigenvalue weighted by atomic mass is 9.96. The Hall–Kier alpha value is -0.400. The van der Waals surface area contributed by atoms with Crippen molar-refractivity contribution in [1.29, 1.82) is 0 Å². The maximum absolute atomic E-state index is 6.06. The normalized spacial score (nSPS) is 25.8. The van der Waals surface area contributed by atoms with Crippen LogP contribution in [0, 0.1) is 0 Å². The van der Waals surface area contributed by atoms with Gasteiger partial charge in [-0.25, -0.2) is 0 Å². The molecule has 0 saturated carbocycles. The van der Waals surface area contributed by atoms with Crippen molar-refractivity contribution in [2.75, 3.05) is 16.7 Å². The first kappa shape index (κ1) is 12.1. The first-order valence-corrected chi connectivity index (χ1v) is 6.89. The molecule has 2 atom stereocenters. The van der Waals surface area contributed by atoms with Gasteiger partial charge in [-0.05, 0) is 31.4 Å². The van der Waals surface area contributed by atoms with Crippen molar-refractivity contribution < 1.29 is 0 Å². The van der Waals surface area contributed by atoms with Crippen molar-refractivity contribution in [3.63, 3.8) is 0 Å². The van der Waals surface area contributed by atoms with E-state index in [2.05, 4.69) is 29.2 Å². The van der Waals surface area contributed by atoms with Crippen molar-refractivity contribution in [1.82, 2.24) is 0 Å². The van der Waals surface area contributed by atoms with E-state index >= 15 is 0 Å². The van der Waals surface area contributed by atoms with Crippen LogP contribution in [0.2, 0.25) is 0 Å². The molecule has 1 aliphatic rings. The van der Waals surface area contributed by atoms with Crippen LogP contribution in [0.15, 0.2) is 30.3 Å². The number of benzene rings is 1. The second-order valence-corrected chi connectivity index (χ2v) is 4.91. The number of anilines is 1. The lowest BCUT2D eigenvalue weighted by molar-refractivity contribution is 0.419. The molecule has 0 aliphatic carbocycles. The number of hydrogen-bond donors (Lipinski definition) is 0. The molecular weight excluding hydrogens is 241 g/mol. The van der Waals surface area contributed by atoms with Crippen molar-refractivity contribution in [2.45, 2.75) is 31.3 Å². The van der Waals surface area contributed by atoms with Gasteiger partial charge in [0.1, 0.15) is 0 Å². The van der Waals surface area contributed by atoms with Crippen LogP contribution in [-0.4, -0.2) is 23.8 Å². The van der Waals surface area contributed by atoms with Crippen LogP contribution in [0.4, 0.5) is 5.69 Å². The molecule has 0 spiro atoms. The summed E-state index contributed by atoms with van der Waals surface area (Å²) in [7, 11) is 0. The molecule has 1 aliphatic heterocycles. The SMILES string of the molecule is ClCC1CCCC(CCl)N1c1ccccc1. The fourth-order valence-electron chi connectivity index (χ4n) is 2.49. The van der Waals surface area contributed by atoms with Gasteiger partial charge in [-0.2, -0.15) is 0 Å². The third-order valence-electron chi connectivity index (χ3n) is 3.27. The molecule has 0 N–H and O–H groups in total. The van der Waals surface area contributed by atoms with Gasteiger partial charge in [0, 0.05) is 29.5 Å². The fourth-order valence-corrected chi connectivity index (χ4v) is 3.10. The summed E-state index contributed by atoms with van der Waals surface area (Å²) in [5, 5.41) is 0. The summed E-state index contributed by atoms with van der Waals surface area (Å²) >= 11 is 12.1. The first-order chi connectivity index (χ1) is 7.86. The van der Waals surface area contributed by atoms with Crippen LogP contribution in [-0.2, 0) is 0 Å². The van der Waals surface area contributed by atoms with Gasteiger partial charge < -0.3 is 4.90 Å². The lowest BCUT2D eigenvalue weighted by Crippen LogP contribution is -2.48. The molecule has 0 radical (unpaired) electrons. The summed E-state index contributed by atoms with van der Waals surface area (Å²) in [6, 6.07) is 11.3. The molecule has 0 aromatic heterocycles. The Kier molecular flexibility index (Phi) is 4.37. The summed E-state index contributed by atoms with van der Waals surface area (Å²) in [5.74, 6) is 1.37. The number of piperidine rings is 1. The zero-order valence-electron chi connectivity index (χ0n) is 9.28. The number of alkyl halides is 2. The molecule has 0 bridgehead atoms. The molecule has 2 rings (SSSR count). The van der Waals surface area contributed by atoms with Gasteiger partial charge >= 0.3 is 0 Å². The van der Waals surface area contributed by atoms with E-state index in [9.17, 15) is 0 Å². The van der Waals surface area contributed by atoms with E-state index in [0.29, 0.717) is 23.8 Å². The van der Waals surface area contributed by atoms with Gasteiger partial charge in [0.25, 0.3) is 0 Å². The lowest BCUT2D eigenvalue weighted by Gasteiger charge is -2.42. The topological polar surface area (TPSA) is 3.24 Å². The Morgan fingerprint density at radius 2 is 1.56 bits per heavy atom. The summed E-state index contributed by atoms with van der Waals surface area (Å²) in [4.78, 5) is 2.41. The minimum absolute atomic E-state index is 0.432. The van der Waals surface area contributed by atoms with Crippen LogP contribution in [0.1, 0.15) is 19.3 Å². The maximum Gasteiger partial charge on any atom is 0.0429 e. The second-order valence-electron chi connectivity index (χ2n) is 4.29. The number of para-hydroxylation sites is 1. The zero-order valence-corrected chi connectivity index (χ0v) is 10.8. The highest BCUT2D eigenvalue weighted by atomic mass is 35.5. The summed E-state index contributed by atoms with van der Waals surface area (Å²) in [6.07, 6.45) is 3.58. The summed E-state index contributed by atoms with van der Waals surface area (Å²) in [6.45, 7) is 0. The quantitative estimate of drug-likeness (QED) is 0.743. The minimum atomic E-state index is 0.432. The van der Waals surface area contributed by atoms with E-state index in [0.717, 1.165) is 0 Å². The van der Waals surface area contributed by atoms with Gasteiger partial charge in [-0.1, -0.05) is 18.2 Å². The summed E-state index contributed by atoms with van der Waals surface area (Å²) < 4.78 is 0. The van der Waals surface area contributed by atoms with Crippen molar-refractivity contribution in [3.8, 4) is 0 Å². The van der Waals surface area contributed by atoms with E-state index in [4.69, 9.17) is 23.2 Å². The molecule has 3 heteroatoms. The summed E-state index contributed by atoms with van der Waals surface area (Å²) in [5.41, 5.74) is 1.25. The van der Waals surface area contributed by atoms with Crippen LogP contribution >= 0.6 is 23.2 Å². The number of rotatable bonds is 3. The van der Waals surface area contributed by atoms with Gasteiger partial charge in [0.2, 0.25) is 0 Å². The van der Waals surface area contributed by atoms with Crippen molar-refractivity contribution >= 4 is 28.9 Å². The zero-order chi connectivity index (χ0) is 11.4. The predicted molar refractivity (Wildman–Crippen MR) is 71.8 cm³/mol. The Labute approximate surface area is 107 Å². The number of hydrogen-bond acceptors (Lipinski definition) is 1. The molecule has 16 heavy (non-hydrogen) atoms. The van der Waals surface area contributed by atoms with Crippen molar-refractivity contribution in [2.24, 2.45) is 0 Å². The van der Waals surface area contributed by atoms with Crippen molar-refractivity contribution in [3.05, 3.63) is 30.3 Å². The largest absolute Gasteiger partial charge is 0.363 e. The van der Waals surface area contributed by atoms with E-state index in [1.165, 1.54) is 24.9 Å². The number of nitrogens with zero attached hydrogens (tertiary/aromatic N) is 1. The molecule has 2 unspecified atom stereocenters. The van der Waals surface area contributed by atoms with Gasteiger partial charge in [-0.3, -0.25) is 0 Å². The van der Waals surface area contributed by atoms with Crippen LogP contribution in [0.3, 0.4) is 0 Å². The first-order valence-electron chi connectivity index (χ1n) is 5.82. The minimum Gasteiger partial charge on any atom is -0.363 e. The highest BCUT2D eigenvalue weighted by molar-refractivity contribution is 6.19. The van der Waals surface area contributed by atoms with Crippen LogP contribution < -0.4 is 4.90 Å². The fraction of sp³-hybridized carbons (Fsp3) is 0.538. The molecule has 0 amide bonds. The second kappa shape index (κ2) is 5.79. The third-order valence-corrected chi connectivity index (χ3v) is 3.98.